The Labute approximate surface area is 130 Å². The fourth-order valence-electron chi connectivity index (χ4n) is 3.08. The van der Waals surface area contributed by atoms with Crippen molar-refractivity contribution in [3.8, 4) is 0 Å². The van der Waals surface area contributed by atoms with Crippen LogP contribution in [-0.4, -0.2) is 72.5 Å². The van der Waals surface area contributed by atoms with E-state index in [2.05, 4.69) is 0 Å². The van der Waals surface area contributed by atoms with Crippen molar-refractivity contribution in [3.05, 3.63) is 0 Å². The molecule has 2 rings (SSSR count). The lowest BCUT2D eigenvalue weighted by Gasteiger charge is -2.43. The second-order valence-electron chi connectivity index (χ2n) is 6.00. The number of rotatable bonds is 5. The van der Waals surface area contributed by atoms with Crippen LogP contribution >= 0.6 is 0 Å². The van der Waals surface area contributed by atoms with E-state index in [0.29, 0.717) is 26.3 Å². The molecule has 4 N–H and O–H groups in total. The Morgan fingerprint density at radius 3 is 1.59 bits per heavy atom. The second-order valence-corrected chi connectivity index (χ2v) is 6.00. The van der Waals surface area contributed by atoms with Crippen molar-refractivity contribution < 1.29 is 19.1 Å². The largest absolute Gasteiger partial charge is 0.366 e. The van der Waals surface area contributed by atoms with Gasteiger partial charge in [0.1, 0.15) is 0 Å². The van der Waals surface area contributed by atoms with Gasteiger partial charge in [-0.2, -0.15) is 0 Å². The molecule has 0 aromatic heterocycles. The van der Waals surface area contributed by atoms with E-state index >= 15 is 0 Å². The minimum atomic E-state index is -0.711. The highest BCUT2D eigenvalue weighted by Gasteiger charge is 2.36. The quantitative estimate of drug-likeness (QED) is 0.661. The fraction of sp³-hybridized carbons (Fsp3) is 0.857. The normalized spacial score (nSPS) is 34.5. The van der Waals surface area contributed by atoms with Gasteiger partial charge in [-0.25, -0.2) is 0 Å². The first-order valence-corrected chi connectivity index (χ1v) is 7.75. The third-order valence-electron chi connectivity index (χ3n) is 4.46. The van der Waals surface area contributed by atoms with Crippen LogP contribution in [0.4, 0.5) is 0 Å². The summed E-state index contributed by atoms with van der Waals surface area (Å²) in [5.41, 5.74) is 10.8. The van der Waals surface area contributed by atoms with E-state index in [9.17, 15) is 9.59 Å². The Balaban J connectivity index is 2.01. The molecule has 0 aliphatic carbocycles. The minimum Gasteiger partial charge on any atom is -0.366 e. The van der Waals surface area contributed by atoms with Gasteiger partial charge in [-0.3, -0.25) is 19.4 Å². The van der Waals surface area contributed by atoms with Crippen LogP contribution in [0.2, 0.25) is 0 Å². The molecule has 0 aromatic rings. The standard InChI is InChI=1S/C14H26N4O4/c1-9-3-7-21-13(11(15)19)17(9)5-6-18-10(2)4-8-22-14(18)12(16)20/h9-10,13-14H,3-8H2,1-2H3,(H2,15,19)(H2,16,20). The first-order valence-electron chi connectivity index (χ1n) is 7.75. The SMILES string of the molecule is CC1CCOC(C(N)=O)N1CCN1C(C)CCOC1C(N)=O. The van der Waals surface area contributed by atoms with Crippen LogP contribution in [0.5, 0.6) is 0 Å². The molecule has 4 unspecified atom stereocenters. The van der Waals surface area contributed by atoms with E-state index in [1.165, 1.54) is 0 Å². The van der Waals surface area contributed by atoms with E-state index in [0.717, 1.165) is 12.8 Å². The van der Waals surface area contributed by atoms with Gasteiger partial charge in [0.2, 0.25) is 0 Å². The van der Waals surface area contributed by atoms with Gasteiger partial charge >= 0.3 is 0 Å². The third kappa shape index (κ3) is 3.75. The summed E-state index contributed by atoms with van der Waals surface area (Å²) in [7, 11) is 0. The van der Waals surface area contributed by atoms with Gasteiger partial charge in [0.25, 0.3) is 11.8 Å². The average molecular weight is 314 g/mol. The maximum atomic E-state index is 11.5. The van der Waals surface area contributed by atoms with Crippen LogP contribution in [0.1, 0.15) is 26.7 Å². The summed E-state index contributed by atoms with van der Waals surface area (Å²) >= 11 is 0. The molecule has 0 bridgehead atoms. The van der Waals surface area contributed by atoms with Crippen LogP contribution in [0.25, 0.3) is 0 Å². The van der Waals surface area contributed by atoms with E-state index < -0.39 is 24.3 Å². The number of ether oxygens (including phenoxy) is 2. The summed E-state index contributed by atoms with van der Waals surface area (Å²) in [5.74, 6) is -0.970. The van der Waals surface area contributed by atoms with Crippen molar-refractivity contribution in [2.45, 2.75) is 51.2 Å². The molecule has 2 saturated heterocycles. The van der Waals surface area contributed by atoms with Crippen LogP contribution in [0.15, 0.2) is 0 Å². The zero-order valence-electron chi connectivity index (χ0n) is 13.2. The van der Waals surface area contributed by atoms with Crippen LogP contribution in [0.3, 0.4) is 0 Å². The van der Waals surface area contributed by atoms with Gasteiger partial charge in [0.05, 0.1) is 13.2 Å². The number of nitrogens with two attached hydrogens (primary N) is 2. The predicted molar refractivity (Wildman–Crippen MR) is 79.4 cm³/mol. The number of hydrogen-bond donors (Lipinski definition) is 2. The Kier molecular flexibility index (Phi) is 5.74. The number of primary amides is 2. The highest BCUT2D eigenvalue weighted by molar-refractivity contribution is 5.79. The topological polar surface area (TPSA) is 111 Å². The summed E-state index contributed by atoms with van der Waals surface area (Å²) in [4.78, 5) is 27.0. The monoisotopic (exact) mass is 314 g/mol. The van der Waals surface area contributed by atoms with E-state index in [4.69, 9.17) is 20.9 Å². The average Bonchev–Trinajstić information content (AvgIpc) is 2.46. The first-order chi connectivity index (χ1) is 10.4. The van der Waals surface area contributed by atoms with Gasteiger partial charge in [-0.15, -0.1) is 0 Å². The Morgan fingerprint density at radius 1 is 0.909 bits per heavy atom. The second kappa shape index (κ2) is 7.36. The van der Waals surface area contributed by atoms with E-state index in [-0.39, 0.29) is 12.1 Å². The van der Waals surface area contributed by atoms with Gasteiger partial charge in [-0.05, 0) is 26.7 Å². The Morgan fingerprint density at radius 2 is 1.27 bits per heavy atom. The van der Waals surface area contributed by atoms with Crippen LogP contribution in [0, 0.1) is 0 Å². The molecule has 0 radical (unpaired) electrons. The number of carbonyl (C=O) groups excluding carboxylic acids is 2. The summed E-state index contributed by atoms with van der Waals surface area (Å²) < 4.78 is 10.9. The molecule has 22 heavy (non-hydrogen) atoms. The molecule has 2 amide bonds. The van der Waals surface area contributed by atoms with Gasteiger partial charge in [0.15, 0.2) is 12.5 Å². The van der Waals surface area contributed by atoms with Gasteiger partial charge < -0.3 is 20.9 Å². The minimum absolute atomic E-state index is 0.194. The molecule has 8 nitrogen and oxygen atoms in total. The number of nitrogens with zero attached hydrogens (tertiary/aromatic N) is 2. The highest BCUT2D eigenvalue weighted by Crippen LogP contribution is 2.20. The number of carbonyl (C=O) groups is 2. The molecule has 2 aliphatic rings. The van der Waals surface area contributed by atoms with E-state index in [1.54, 1.807) is 0 Å². The molecular formula is C14H26N4O4. The Bertz CT molecular complexity index is 382. The van der Waals surface area contributed by atoms with Crippen molar-refractivity contribution in [1.29, 1.82) is 0 Å². The maximum Gasteiger partial charge on any atom is 0.261 e. The number of amides is 2. The summed E-state index contributed by atoms with van der Waals surface area (Å²) in [6, 6.07) is 0.388. The van der Waals surface area contributed by atoms with Crippen molar-refractivity contribution in [2.24, 2.45) is 11.5 Å². The molecular weight excluding hydrogens is 288 g/mol. The molecule has 2 heterocycles. The van der Waals surface area contributed by atoms with Crippen molar-refractivity contribution >= 4 is 11.8 Å². The fourth-order valence-corrected chi connectivity index (χ4v) is 3.08. The third-order valence-corrected chi connectivity index (χ3v) is 4.46. The molecule has 2 aliphatic heterocycles. The van der Waals surface area contributed by atoms with Gasteiger partial charge in [-0.1, -0.05) is 0 Å². The molecule has 126 valence electrons. The lowest BCUT2D eigenvalue weighted by molar-refractivity contribution is -0.168. The molecule has 0 aromatic carbocycles. The van der Waals surface area contributed by atoms with Gasteiger partial charge in [0, 0.05) is 25.2 Å². The van der Waals surface area contributed by atoms with Crippen LogP contribution < -0.4 is 11.5 Å². The predicted octanol–water partition coefficient (Wildman–Crippen LogP) is -1.17. The number of hydrogen-bond acceptors (Lipinski definition) is 6. The lowest BCUT2D eigenvalue weighted by atomic mass is 10.1. The highest BCUT2D eigenvalue weighted by atomic mass is 16.5. The lowest BCUT2D eigenvalue weighted by Crippen LogP contribution is -2.59. The summed E-state index contributed by atoms with van der Waals surface area (Å²) in [6.07, 6.45) is 0.262. The molecule has 0 saturated carbocycles. The molecule has 4 atom stereocenters. The molecule has 0 spiro atoms. The smallest absolute Gasteiger partial charge is 0.261 e. The first kappa shape index (κ1) is 17.1. The maximum absolute atomic E-state index is 11.5. The van der Waals surface area contributed by atoms with Crippen molar-refractivity contribution in [1.82, 2.24) is 9.80 Å². The summed E-state index contributed by atoms with van der Waals surface area (Å²) in [6.45, 7) is 6.26. The van der Waals surface area contributed by atoms with E-state index in [1.807, 2.05) is 23.6 Å². The van der Waals surface area contributed by atoms with Crippen molar-refractivity contribution in [2.75, 3.05) is 26.3 Å². The molecule has 8 heteroatoms. The zero-order chi connectivity index (χ0) is 16.3. The van der Waals surface area contributed by atoms with Crippen molar-refractivity contribution in [3.63, 3.8) is 0 Å². The van der Waals surface area contributed by atoms with Crippen LogP contribution in [-0.2, 0) is 19.1 Å². The molecule has 2 fully saturated rings. The zero-order valence-corrected chi connectivity index (χ0v) is 13.2. The Hall–Kier alpha value is -1.22. The summed E-state index contributed by atoms with van der Waals surface area (Å²) in [5, 5.41) is 0.